The summed E-state index contributed by atoms with van der Waals surface area (Å²) in [5, 5.41) is 0. The van der Waals surface area contributed by atoms with Crippen LogP contribution in [-0.2, 0) is 19.1 Å². The van der Waals surface area contributed by atoms with E-state index in [4.69, 9.17) is 9.47 Å². The van der Waals surface area contributed by atoms with E-state index in [0.717, 1.165) is 96.8 Å². The lowest BCUT2D eigenvalue weighted by molar-refractivity contribution is -0.152. The molecule has 0 amide bonds. The Balaban J connectivity index is 5.45. The molecule has 0 aliphatic carbocycles. The molecule has 0 N–H and O–H groups in total. The topological polar surface area (TPSA) is 59.1 Å². The van der Waals surface area contributed by atoms with Crippen LogP contribution in [0.25, 0.3) is 0 Å². The lowest BCUT2D eigenvalue weighted by Gasteiger charge is -2.31. The van der Waals surface area contributed by atoms with Crippen molar-refractivity contribution < 1.29 is 19.1 Å². The molecule has 232 valence electrons. The van der Waals surface area contributed by atoms with Crippen molar-refractivity contribution >= 4 is 11.9 Å². The Kier molecular flexibility index (Phi) is 26.3. The molecule has 0 heterocycles. The van der Waals surface area contributed by atoms with Crippen LogP contribution in [0.1, 0.15) is 150 Å². The van der Waals surface area contributed by atoms with Crippen molar-refractivity contribution in [1.29, 1.82) is 0 Å². The summed E-state index contributed by atoms with van der Waals surface area (Å²) in [6, 6.07) is 0. The summed E-state index contributed by atoms with van der Waals surface area (Å²) < 4.78 is 12.2. The molecule has 39 heavy (non-hydrogen) atoms. The SMILES string of the molecule is CCCCCCC(CN(CCCN(C)C)CC(CCCCCC)OC(=O)CCCCC)OC(=O)CCCCC. The van der Waals surface area contributed by atoms with Gasteiger partial charge >= 0.3 is 11.9 Å². The van der Waals surface area contributed by atoms with Gasteiger partial charge in [0.15, 0.2) is 0 Å². The third-order valence-corrected chi connectivity index (χ3v) is 7.33. The summed E-state index contributed by atoms with van der Waals surface area (Å²) in [4.78, 5) is 30.0. The Morgan fingerprint density at radius 2 is 0.949 bits per heavy atom. The van der Waals surface area contributed by atoms with Gasteiger partial charge < -0.3 is 14.4 Å². The smallest absolute Gasteiger partial charge is 0.306 e. The Morgan fingerprint density at radius 3 is 1.33 bits per heavy atom. The first-order valence-electron chi connectivity index (χ1n) is 16.6. The van der Waals surface area contributed by atoms with E-state index in [-0.39, 0.29) is 24.1 Å². The van der Waals surface area contributed by atoms with E-state index >= 15 is 0 Å². The largest absolute Gasteiger partial charge is 0.461 e. The fourth-order valence-electron chi connectivity index (χ4n) is 4.94. The van der Waals surface area contributed by atoms with E-state index in [0.29, 0.717) is 12.8 Å². The zero-order valence-corrected chi connectivity index (χ0v) is 26.9. The number of hydrogen-bond acceptors (Lipinski definition) is 6. The second kappa shape index (κ2) is 27.1. The normalized spacial score (nSPS) is 13.1. The summed E-state index contributed by atoms with van der Waals surface area (Å²) in [5.74, 6) is -0.119. The molecule has 0 saturated heterocycles. The first-order chi connectivity index (χ1) is 18.9. The quantitative estimate of drug-likeness (QED) is 0.0718. The second-order valence-electron chi connectivity index (χ2n) is 11.8. The summed E-state index contributed by atoms with van der Waals surface area (Å²) in [6.45, 7) is 12.1. The molecule has 0 aromatic carbocycles. The van der Waals surface area contributed by atoms with Gasteiger partial charge in [0.05, 0.1) is 0 Å². The molecule has 6 heteroatoms. The lowest BCUT2D eigenvalue weighted by Crippen LogP contribution is -2.42. The number of esters is 2. The fraction of sp³-hybridized carbons (Fsp3) is 0.939. The molecule has 0 spiro atoms. The van der Waals surface area contributed by atoms with Crippen molar-refractivity contribution in [3.05, 3.63) is 0 Å². The predicted molar refractivity (Wildman–Crippen MR) is 165 cm³/mol. The van der Waals surface area contributed by atoms with Gasteiger partial charge in [-0.3, -0.25) is 14.5 Å². The van der Waals surface area contributed by atoms with E-state index in [1.165, 1.54) is 38.5 Å². The fourth-order valence-corrected chi connectivity index (χ4v) is 4.94. The van der Waals surface area contributed by atoms with Crippen LogP contribution in [0, 0.1) is 0 Å². The molecule has 0 aliphatic rings. The minimum atomic E-state index is -0.101. The zero-order chi connectivity index (χ0) is 29.1. The zero-order valence-electron chi connectivity index (χ0n) is 26.9. The highest BCUT2D eigenvalue weighted by molar-refractivity contribution is 5.69. The summed E-state index contributed by atoms with van der Waals surface area (Å²) >= 11 is 0. The summed E-state index contributed by atoms with van der Waals surface area (Å²) in [7, 11) is 4.21. The van der Waals surface area contributed by atoms with Gasteiger partial charge in [-0.1, -0.05) is 91.9 Å². The molecular weight excluding hydrogens is 488 g/mol. The van der Waals surface area contributed by atoms with E-state index in [1.54, 1.807) is 0 Å². The Hall–Kier alpha value is -1.14. The van der Waals surface area contributed by atoms with Crippen LogP contribution in [0.5, 0.6) is 0 Å². The monoisotopic (exact) mass is 555 g/mol. The van der Waals surface area contributed by atoms with Crippen LogP contribution < -0.4 is 0 Å². The summed E-state index contributed by atoms with van der Waals surface area (Å²) in [5.41, 5.74) is 0. The van der Waals surface area contributed by atoms with Crippen molar-refractivity contribution in [2.24, 2.45) is 0 Å². The molecule has 6 nitrogen and oxygen atoms in total. The number of rotatable bonds is 28. The first kappa shape index (κ1) is 37.9. The van der Waals surface area contributed by atoms with Gasteiger partial charge in [0.25, 0.3) is 0 Å². The average Bonchev–Trinajstić information content (AvgIpc) is 2.89. The minimum absolute atomic E-state index is 0.0596. The molecule has 0 aromatic rings. The molecule has 0 radical (unpaired) electrons. The highest BCUT2D eigenvalue weighted by atomic mass is 16.5. The number of ether oxygens (including phenoxy) is 2. The van der Waals surface area contributed by atoms with E-state index in [9.17, 15) is 9.59 Å². The molecular formula is C33H66N2O4. The number of unbranched alkanes of at least 4 members (excludes halogenated alkanes) is 10. The highest BCUT2D eigenvalue weighted by Gasteiger charge is 2.23. The Morgan fingerprint density at radius 1 is 0.538 bits per heavy atom. The second-order valence-corrected chi connectivity index (χ2v) is 11.8. The van der Waals surface area contributed by atoms with Crippen molar-refractivity contribution in [2.75, 3.05) is 40.3 Å². The molecule has 0 aromatic heterocycles. The van der Waals surface area contributed by atoms with Crippen LogP contribution in [0.2, 0.25) is 0 Å². The van der Waals surface area contributed by atoms with Crippen LogP contribution >= 0.6 is 0 Å². The van der Waals surface area contributed by atoms with Gasteiger partial charge in [-0.15, -0.1) is 0 Å². The van der Waals surface area contributed by atoms with E-state index < -0.39 is 0 Å². The third-order valence-electron chi connectivity index (χ3n) is 7.33. The van der Waals surface area contributed by atoms with Crippen LogP contribution in [0.15, 0.2) is 0 Å². The minimum Gasteiger partial charge on any atom is -0.461 e. The standard InChI is InChI=1S/C33H66N2O4/c1-7-11-15-19-22-30(38-32(36)24-17-13-9-3)28-35(27-21-26-34(5)6)29-31(23-20-16-12-8-2)39-33(37)25-18-14-10-4/h30-31H,7-29H2,1-6H3. The molecule has 0 fully saturated rings. The number of nitrogens with zero attached hydrogens (tertiary/aromatic N) is 2. The van der Waals surface area contributed by atoms with Crippen LogP contribution in [0.3, 0.4) is 0 Å². The van der Waals surface area contributed by atoms with Gasteiger partial charge in [-0.05, 0) is 72.1 Å². The molecule has 0 bridgehead atoms. The van der Waals surface area contributed by atoms with Crippen LogP contribution in [-0.4, -0.2) is 74.2 Å². The Labute approximate surface area is 242 Å². The molecule has 0 saturated carbocycles. The van der Waals surface area contributed by atoms with Crippen LogP contribution in [0.4, 0.5) is 0 Å². The van der Waals surface area contributed by atoms with E-state index in [2.05, 4.69) is 51.6 Å². The van der Waals surface area contributed by atoms with Gasteiger partial charge in [0.2, 0.25) is 0 Å². The summed E-state index contributed by atoms with van der Waals surface area (Å²) in [6.07, 6.45) is 19.1. The number of carbonyl (C=O) groups excluding carboxylic acids is 2. The van der Waals surface area contributed by atoms with E-state index in [1.807, 2.05) is 0 Å². The maximum absolute atomic E-state index is 12.7. The molecule has 0 rings (SSSR count). The first-order valence-corrected chi connectivity index (χ1v) is 16.6. The van der Waals surface area contributed by atoms with Crippen molar-refractivity contribution in [2.45, 2.75) is 162 Å². The van der Waals surface area contributed by atoms with Crippen molar-refractivity contribution in [3.8, 4) is 0 Å². The van der Waals surface area contributed by atoms with Gasteiger partial charge in [-0.2, -0.15) is 0 Å². The molecule has 0 aliphatic heterocycles. The molecule has 2 unspecified atom stereocenters. The Bertz CT molecular complexity index is 528. The number of hydrogen-bond donors (Lipinski definition) is 0. The predicted octanol–water partition coefficient (Wildman–Crippen LogP) is 8.17. The maximum atomic E-state index is 12.7. The number of carbonyl (C=O) groups is 2. The maximum Gasteiger partial charge on any atom is 0.306 e. The lowest BCUT2D eigenvalue weighted by atomic mass is 10.1. The van der Waals surface area contributed by atoms with Gasteiger partial charge in [0, 0.05) is 25.9 Å². The van der Waals surface area contributed by atoms with Crippen molar-refractivity contribution in [3.63, 3.8) is 0 Å². The van der Waals surface area contributed by atoms with Gasteiger partial charge in [0.1, 0.15) is 12.2 Å². The molecule has 2 atom stereocenters. The average molecular weight is 555 g/mol. The highest BCUT2D eigenvalue weighted by Crippen LogP contribution is 2.16. The van der Waals surface area contributed by atoms with Gasteiger partial charge in [-0.25, -0.2) is 0 Å². The van der Waals surface area contributed by atoms with Crippen molar-refractivity contribution in [1.82, 2.24) is 9.80 Å². The third kappa shape index (κ3) is 24.4.